The van der Waals surface area contributed by atoms with E-state index in [9.17, 15) is 12.8 Å². The fourth-order valence-electron chi connectivity index (χ4n) is 4.08. The Kier molecular flexibility index (Phi) is 6.29. The van der Waals surface area contributed by atoms with Crippen LogP contribution in [0.1, 0.15) is 25.0 Å². The van der Waals surface area contributed by atoms with E-state index in [1.165, 1.54) is 30.0 Å². The normalized spacial score (nSPS) is 18.3. The van der Waals surface area contributed by atoms with Crippen molar-refractivity contribution in [3.8, 4) is 5.75 Å². The standard InChI is InChI=1S/C21H28FN5O3S/c1-16-14-20(24-21(23-16)26-8-4-3-5-9-26)25-10-12-27(13-11-25)31(28,29)19-15-17(22)6-7-18(19)30-2/h6-7,14-15H,3-5,8-13H2,1-2H3. The van der Waals surface area contributed by atoms with Crippen LogP contribution in [0.4, 0.5) is 16.2 Å². The Morgan fingerprint density at radius 1 is 0.935 bits per heavy atom. The van der Waals surface area contributed by atoms with Gasteiger partial charge >= 0.3 is 0 Å². The zero-order valence-corrected chi connectivity index (χ0v) is 18.7. The van der Waals surface area contributed by atoms with Crippen molar-refractivity contribution >= 4 is 21.8 Å². The second-order valence-electron chi connectivity index (χ2n) is 7.90. The van der Waals surface area contributed by atoms with E-state index in [-0.39, 0.29) is 23.7 Å². The summed E-state index contributed by atoms with van der Waals surface area (Å²) in [6, 6.07) is 5.48. The quantitative estimate of drug-likeness (QED) is 0.694. The summed E-state index contributed by atoms with van der Waals surface area (Å²) in [5, 5.41) is 0. The molecule has 2 saturated heterocycles. The third kappa shape index (κ3) is 4.59. The summed E-state index contributed by atoms with van der Waals surface area (Å²) >= 11 is 0. The van der Waals surface area contributed by atoms with Crippen molar-refractivity contribution in [3.05, 3.63) is 35.8 Å². The first-order valence-electron chi connectivity index (χ1n) is 10.6. The summed E-state index contributed by atoms with van der Waals surface area (Å²) in [6.45, 7) is 5.43. The lowest BCUT2D eigenvalue weighted by Gasteiger charge is -2.35. The number of rotatable bonds is 5. The van der Waals surface area contributed by atoms with Gasteiger partial charge in [-0.3, -0.25) is 0 Å². The molecule has 0 bridgehead atoms. The highest BCUT2D eigenvalue weighted by Crippen LogP contribution is 2.29. The largest absolute Gasteiger partial charge is 0.495 e. The van der Waals surface area contributed by atoms with E-state index in [2.05, 4.69) is 14.8 Å². The number of piperazine rings is 1. The Hall–Kier alpha value is -2.46. The number of aromatic nitrogens is 2. The molecule has 3 heterocycles. The Bertz CT molecular complexity index is 1040. The molecule has 1 aromatic carbocycles. The molecule has 8 nitrogen and oxygen atoms in total. The van der Waals surface area contributed by atoms with E-state index in [0.29, 0.717) is 13.1 Å². The smallest absolute Gasteiger partial charge is 0.246 e. The number of piperidine rings is 1. The second kappa shape index (κ2) is 8.96. The summed E-state index contributed by atoms with van der Waals surface area (Å²) in [5.41, 5.74) is 0.894. The zero-order chi connectivity index (χ0) is 22.0. The summed E-state index contributed by atoms with van der Waals surface area (Å²) < 4.78 is 46.5. The van der Waals surface area contributed by atoms with Gasteiger partial charge in [0.1, 0.15) is 22.3 Å². The van der Waals surface area contributed by atoms with Gasteiger partial charge in [-0.25, -0.2) is 17.8 Å². The van der Waals surface area contributed by atoms with Gasteiger partial charge in [-0.05, 0) is 44.4 Å². The molecule has 2 aromatic rings. The first-order chi connectivity index (χ1) is 14.9. The molecule has 2 fully saturated rings. The highest BCUT2D eigenvalue weighted by Gasteiger charge is 2.32. The molecule has 0 spiro atoms. The van der Waals surface area contributed by atoms with Crippen molar-refractivity contribution in [1.82, 2.24) is 14.3 Å². The van der Waals surface area contributed by atoms with Gasteiger partial charge in [0, 0.05) is 51.0 Å². The van der Waals surface area contributed by atoms with E-state index in [1.807, 2.05) is 13.0 Å². The van der Waals surface area contributed by atoms with Gasteiger partial charge in [0.25, 0.3) is 0 Å². The number of hydrogen-bond acceptors (Lipinski definition) is 7. The molecule has 0 amide bonds. The number of benzene rings is 1. The van der Waals surface area contributed by atoms with E-state index < -0.39 is 15.8 Å². The van der Waals surface area contributed by atoms with Gasteiger partial charge in [0.05, 0.1) is 7.11 Å². The van der Waals surface area contributed by atoms with Crippen LogP contribution < -0.4 is 14.5 Å². The SMILES string of the molecule is COc1ccc(F)cc1S(=O)(=O)N1CCN(c2cc(C)nc(N3CCCCC3)n2)CC1. The predicted octanol–water partition coefficient (Wildman–Crippen LogP) is 2.43. The number of hydrogen-bond donors (Lipinski definition) is 0. The van der Waals surface area contributed by atoms with Crippen LogP contribution in [0.25, 0.3) is 0 Å². The van der Waals surface area contributed by atoms with Crippen LogP contribution >= 0.6 is 0 Å². The van der Waals surface area contributed by atoms with Crippen LogP contribution in [0, 0.1) is 12.7 Å². The molecule has 0 N–H and O–H groups in total. The maximum Gasteiger partial charge on any atom is 0.246 e. The molecule has 0 unspecified atom stereocenters. The number of sulfonamides is 1. The van der Waals surface area contributed by atoms with Crippen molar-refractivity contribution in [2.24, 2.45) is 0 Å². The van der Waals surface area contributed by atoms with E-state index in [0.717, 1.165) is 49.5 Å². The zero-order valence-electron chi connectivity index (χ0n) is 17.9. The highest BCUT2D eigenvalue weighted by atomic mass is 32.2. The summed E-state index contributed by atoms with van der Waals surface area (Å²) in [4.78, 5) is 13.5. The molecule has 0 aliphatic carbocycles. The second-order valence-corrected chi connectivity index (χ2v) is 9.81. The van der Waals surface area contributed by atoms with Crippen molar-refractivity contribution in [2.45, 2.75) is 31.1 Å². The maximum absolute atomic E-state index is 13.7. The number of nitrogens with zero attached hydrogens (tertiary/aromatic N) is 5. The van der Waals surface area contributed by atoms with Gasteiger partial charge in [0.15, 0.2) is 0 Å². The molecule has 1 aromatic heterocycles. The fourth-order valence-corrected chi connectivity index (χ4v) is 5.67. The van der Waals surface area contributed by atoms with Crippen LogP contribution in [0.2, 0.25) is 0 Å². The van der Waals surface area contributed by atoms with Gasteiger partial charge in [-0.2, -0.15) is 9.29 Å². The molecule has 168 valence electrons. The highest BCUT2D eigenvalue weighted by molar-refractivity contribution is 7.89. The van der Waals surface area contributed by atoms with Crippen molar-refractivity contribution in [3.63, 3.8) is 0 Å². The summed E-state index contributed by atoms with van der Waals surface area (Å²) in [6.07, 6.45) is 3.53. The third-order valence-corrected chi connectivity index (χ3v) is 7.69. The van der Waals surface area contributed by atoms with Crippen LogP contribution in [-0.2, 0) is 10.0 Å². The number of aryl methyl sites for hydroxylation is 1. The number of anilines is 2. The van der Waals surface area contributed by atoms with Crippen molar-refractivity contribution in [1.29, 1.82) is 0 Å². The van der Waals surface area contributed by atoms with E-state index >= 15 is 0 Å². The van der Waals surface area contributed by atoms with Gasteiger partial charge in [0.2, 0.25) is 16.0 Å². The molecular formula is C21H28FN5O3S. The molecular weight excluding hydrogens is 421 g/mol. The topological polar surface area (TPSA) is 78.9 Å². The summed E-state index contributed by atoms with van der Waals surface area (Å²) in [5.74, 6) is 1.09. The third-order valence-electron chi connectivity index (χ3n) is 5.77. The molecule has 0 atom stereocenters. The molecule has 2 aliphatic heterocycles. The lowest BCUT2D eigenvalue weighted by Crippen LogP contribution is -2.49. The molecule has 2 aliphatic rings. The van der Waals surface area contributed by atoms with E-state index in [4.69, 9.17) is 9.72 Å². The molecule has 31 heavy (non-hydrogen) atoms. The molecule has 10 heteroatoms. The number of halogens is 1. The van der Waals surface area contributed by atoms with E-state index in [1.54, 1.807) is 0 Å². The minimum absolute atomic E-state index is 0.140. The minimum Gasteiger partial charge on any atom is -0.495 e. The Labute approximate surface area is 182 Å². The Morgan fingerprint density at radius 3 is 2.32 bits per heavy atom. The Morgan fingerprint density at radius 2 is 1.65 bits per heavy atom. The minimum atomic E-state index is -3.87. The maximum atomic E-state index is 13.7. The fraction of sp³-hybridized carbons (Fsp3) is 0.524. The van der Waals surface area contributed by atoms with Crippen LogP contribution in [-0.4, -0.2) is 69.1 Å². The average molecular weight is 450 g/mol. The van der Waals surface area contributed by atoms with Gasteiger partial charge < -0.3 is 14.5 Å². The number of methoxy groups -OCH3 is 1. The summed E-state index contributed by atoms with van der Waals surface area (Å²) in [7, 11) is -2.49. The van der Waals surface area contributed by atoms with Crippen LogP contribution in [0.5, 0.6) is 5.75 Å². The monoisotopic (exact) mass is 449 g/mol. The van der Waals surface area contributed by atoms with Crippen LogP contribution in [0.15, 0.2) is 29.2 Å². The molecule has 0 radical (unpaired) electrons. The lowest BCUT2D eigenvalue weighted by atomic mass is 10.1. The van der Waals surface area contributed by atoms with Gasteiger partial charge in [-0.1, -0.05) is 0 Å². The predicted molar refractivity (Wildman–Crippen MR) is 117 cm³/mol. The Balaban J connectivity index is 1.50. The van der Waals surface area contributed by atoms with Crippen molar-refractivity contribution in [2.75, 3.05) is 56.2 Å². The molecule has 0 saturated carbocycles. The lowest BCUT2D eigenvalue weighted by molar-refractivity contribution is 0.372. The molecule has 4 rings (SSSR count). The average Bonchev–Trinajstić information content (AvgIpc) is 2.79. The van der Waals surface area contributed by atoms with Crippen LogP contribution in [0.3, 0.4) is 0 Å². The van der Waals surface area contributed by atoms with Gasteiger partial charge in [-0.15, -0.1) is 0 Å². The first-order valence-corrected chi connectivity index (χ1v) is 12.0. The van der Waals surface area contributed by atoms with Crippen molar-refractivity contribution < 1.29 is 17.5 Å². The number of ether oxygens (including phenoxy) is 1. The first kappa shape index (κ1) is 21.8.